The highest BCUT2D eigenvalue weighted by Crippen LogP contribution is 2.19. The second-order valence-electron chi connectivity index (χ2n) is 8.28. The van der Waals surface area contributed by atoms with Gasteiger partial charge in [-0.2, -0.15) is 0 Å². The maximum atomic E-state index is 5.82. The highest BCUT2D eigenvalue weighted by molar-refractivity contribution is 5.81. The lowest BCUT2D eigenvalue weighted by atomic mass is 9.94. The standard InChI is InChI=1S/C25H36N4O2/c1-5-7-15-30-23-11-9-13-28-21(23)17-26-19-25(3,4)20-27-18-22-24(12-10-14-29-22)31-16-8-6-2/h9-14,17-18H,5-8,15-16,19-20H2,1-4H3. The van der Waals surface area contributed by atoms with E-state index in [1.54, 1.807) is 24.8 Å². The van der Waals surface area contributed by atoms with Crippen LogP contribution in [0.15, 0.2) is 46.6 Å². The molecule has 0 aliphatic heterocycles. The third kappa shape index (κ3) is 9.28. The molecule has 0 fully saturated rings. The molecule has 0 N–H and O–H groups in total. The van der Waals surface area contributed by atoms with Crippen molar-refractivity contribution in [3.05, 3.63) is 48.0 Å². The molecule has 0 unspecified atom stereocenters. The predicted molar refractivity (Wildman–Crippen MR) is 128 cm³/mol. The number of ether oxygens (including phenoxy) is 2. The van der Waals surface area contributed by atoms with Crippen LogP contribution in [0.3, 0.4) is 0 Å². The first-order valence-corrected chi connectivity index (χ1v) is 11.2. The molecule has 2 heterocycles. The second kappa shape index (κ2) is 13.5. The molecular formula is C25H36N4O2. The quantitative estimate of drug-likeness (QED) is 0.301. The summed E-state index contributed by atoms with van der Waals surface area (Å²) < 4.78 is 11.6. The van der Waals surface area contributed by atoms with E-state index < -0.39 is 0 Å². The van der Waals surface area contributed by atoms with E-state index in [-0.39, 0.29) is 5.41 Å². The molecule has 0 spiro atoms. The van der Waals surface area contributed by atoms with Crippen molar-refractivity contribution in [3.63, 3.8) is 0 Å². The van der Waals surface area contributed by atoms with Gasteiger partial charge >= 0.3 is 0 Å². The molecule has 0 radical (unpaired) electrons. The van der Waals surface area contributed by atoms with Gasteiger partial charge in [0.2, 0.25) is 0 Å². The van der Waals surface area contributed by atoms with Gasteiger partial charge in [0.15, 0.2) is 0 Å². The van der Waals surface area contributed by atoms with Gasteiger partial charge in [-0.3, -0.25) is 20.0 Å². The molecule has 31 heavy (non-hydrogen) atoms. The summed E-state index contributed by atoms with van der Waals surface area (Å²) in [7, 11) is 0. The fraction of sp³-hybridized carbons (Fsp3) is 0.520. The molecule has 2 aromatic heterocycles. The van der Waals surface area contributed by atoms with Crippen molar-refractivity contribution in [2.75, 3.05) is 26.3 Å². The average molecular weight is 425 g/mol. The molecule has 0 bridgehead atoms. The van der Waals surface area contributed by atoms with Gasteiger partial charge in [-0.05, 0) is 37.1 Å². The smallest absolute Gasteiger partial charge is 0.146 e. The summed E-state index contributed by atoms with van der Waals surface area (Å²) in [6.45, 7) is 11.3. The van der Waals surface area contributed by atoms with Crippen LogP contribution in [0.4, 0.5) is 0 Å². The van der Waals surface area contributed by atoms with Gasteiger partial charge < -0.3 is 9.47 Å². The number of hydrogen-bond acceptors (Lipinski definition) is 6. The predicted octanol–water partition coefficient (Wildman–Crippen LogP) is 5.40. The molecule has 0 aliphatic carbocycles. The first-order valence-electron chi connectivity index (χ1n) is 11.2. The zero-order valence-electron chi connectivity index (χ0n) is 19.4. The normalized spacial score (nSPS) is 12.0. The van der Waals surface area contributed by atoms with Gasteiger partial charge in [-0.25, -0.2) is 0 Å². The van der Waals surface area contributed by atoms with Crippen molar-refractivity contribution in [2.24, 2.45) is 15.4 Å². The van der Waals surface area contributed by atoms with E-state index in [4.69, 9.17) is 9.47 Å². The summed E-state index contributed by atoms with van der Waals surface area (Å²) in [5.74, 6) is 1.56. The third-order valence-corrected chi connectivity index (χ3v) is 4.58. The van der Waals surface area contributed by atoms with Crippen LogP contribution >= 0.6 is 0 Å². The number of hydrogen-bond donors (Lipinski definition) is 0. The maximum absolute atomic E-state index is 5.82. The average Bonchev–Trinajstić information content (AvgIpc) is 2.76. The zero-order valence-corrected chi connectivity index (χ0v) is 19.4. The molecule has 0 aromatic carbocycles. The minimum absolute atomic E-state index is 0.0942. The van der Waals surface area contributed by atoms with Crippen molar-refractivity contribution in [3.8, 4) is 11.5 Å². The molecule has 6 heteroatoms. The van der Waals surface area contributed by atoms with Crippen molar-refractivity contribution in [1.29, 1.82) is 0 Å². The summed E-state index contributed by atoms with van der Waals surface area (Å²) in [5, 5.41) is 0. The van der Waals surface area contributed by atoms with Crippen LogP contribution in [0.1, 0.15) is 64.8 Å². The highest BCUT2D eigenvalue weighted by atomic mass is 16.5. The Hall–Kier alpha value is -2.76. The molecule has 6 nitrogen and oxygen atoms in total. The molecular weight excluding hydrogens is 388 g/mol. The number of unbranched alkanes of at least 4 members (excludes halogenated alkanes) is 2. The minimum atomic E-state index is -0.0942. The van der Waals surface area contributed by atoms with E-state index in [0.29, 0.717) is 26.3 Å². The lowest BCUT2D eigenvalue weighted by Crippen LogP contribution is -2.20. The van der Waals surface area contributed by atoms with Gasteiger partial charge in [-0.1, -0.05) is 40.5 Å². The Morgan fingerprint density at radius 2 is 1.26 bits per heavy atom. The SMILES string of the molecule is CCCCOc1cccnc1C=NCC(C)(C)CN=Cc1ncccc1OCCCC. The molecule has 0 saturated heterocycles. The van der Waals surface area contributed by atoms with Gasteiger partial charge in [-0.15, -0.1) is 0 Å². The Kier molecular flexibility index (Phi) is 10.7. The van der Waals surface area contributed by atoms with Gasteiger partial charge in [0.25, 0.3) is 0 Å². The molecule has 0 atom stereocenters. The monoisotopic (exact) mass is 424 g/mol. The van der Waals surface area contributed by atoms with Crippen molar-refractivity contribution < 1.29 is 9.47 Å². The Balaban J connectivity index is 1.91. The zero-order chi connectivity index (χ0) is 22.4. The van der Waals surface area contributed by atoms with Crippen molar-refractivity contribution in [1.82, 2.24) is 9.97 Å². The minimum Gasteiger partial charge on any atom is -0.491 e. The number of rotatable bonds is 14. The second-order valence-corrected chi connectivity index (χ2v) is 8.28. The van der Waals surface area contributed by atoms with Gasteiger partial charge in [0.05, 0.1) is 25.6 Å². The van der Waals surface area contributed by atoms with Crippen LogP contribution in [0, 0.1) is 5.41 Å². The largest absolute Gasteiger partial charge is 0.491 e. The summed E-state index contributed by atoms with van der Waals surface area (Å²) >= 11 is 0. The highest BCUT2D eigenvalue weighted by Gasteiger charge is 2.16. The Morgan fingerprint density at radius 3 is 1.68 bits per heavy atom. The van der Waals surface area contributed by atoms with Crippen LogP contribution in [0.25, 0.3) is 0 Å². The number of aliphatic imine (C=N–C) groups is 2. The number of aromatic nitrogens is 2. The number of nitrogens with zero attached hydrogens (tertiary/aromatic N) is 4. The van der Waals surface area contributed by atoms with E-state index in [9.17, 15) is 0 Å². The molecule has 168 valence electrons. The summed E-state index contributed by atoms with van der Waals surface area (Å²) in [6.07, 6.45) is 11.4. The lowest BCUT2D eigenvalue weighted by molar-refractivity contribution is 0.307. The van der Waals surface area contributed by atoms with E-state index >= 15 is 0 Å². The molecule has 2 aromatic rings. The van der Waals surface area contributed by atoms with E-state index in [2.05, 4.69) is 47.6 Å². The van der Waals surface area contributed by atoms with Crippen LogP contribution in [-0.4, -0.2) is 48.7 Å². The molecule has 0 aliphatic rings. The summed E-state index contributed by atoms with van der Waals surface area (Å²) in [6, 6.07) is 7.64. The first-order chi connectivity index (χ1) is 15.1. The Bertz CT molecular complexity index is 766. The molecule has 0 amide bonds. The molecule has 2 rings (SSSR count). The number of pyridine rings is 2. The van der Waals surface area contributed by atoms with E-state index in [0.717, 1.165) is 48.6 Å². The molecule has 0 saturated carbocycles. The van der Waals surface area contributed by atoms with E-state index in [1.807, 2.05) is 24.3 Å². The fourth-order valence-electron chi connectivity index (χ4n) is 2.70. The van der Waals surface area contributed by atoms with Gasteiger partial charge in [0.1, 0.15) is 22.9 Å². The topological polar surface area (TPSA) is 69.0 Å². The third-order valence-electron chi connectivity index (χ3n) is 4.58. The van der Waals surface area contributed by atoms with E-state index in [1.165, 1.54) is 0 Å². The summed E-state index contributed by atoms with van der Waals surface area (Å²) in [4.78, 5) is 18.0. The van der Waals surface area contributed by atoms with Crippen LogP contribution in [-0.2, 0) is 0 Å². The van der Waals surface area contributed by atoms with Crippen molar-refractivity contribution in [2.45, 2.75) is 53.4 Å². The Labute approximate surface area is 186 Å². The first kappa shape index (κ1) is 24.5. The van der Waals surface area contributed by atoms with Crippen LogP contribution in [0.5, 0.6) is 11.5 Å². The van der Waals surface area contributed by atoms with Crippen LogP contribution in [0.2, 0.25) is 0 Å². The van der Waals surface area contributed by atoms with Crippen LogP contribution < -0.4 is 9.47 Å². The maximum Gasteiger partial charge on any atom is 0.146 e. The fourth-order valence-corrected chi connectivity index (χ4v) is 2.70. The van der Waals surface area contributed by atoms with Crippen molar-refractivity contribution >= 4 is 12.4 Å². The van der Waals surface area contributed by atoms with Gasteiger partial charge in [0, 0.05) is 30.9 Å². The summed E-state index contributed by atoms with van der Waals surface area (Å²) in [5.41, 5.74) is 1.43. The Morgan fingerprint density at radius 1 is 0.806 bits per heavy atom. The lowest BCUT2D eigenvalue weighted by Gasteiger charge is -2.19.